The van der Waals surface area contributed by atoms with Crippen molar-refractivity contribution in [1.29, 1.82) is 0 Å². The third-order valence-electron chi connectivity index (χ3n) is 6.49. The molecule has 156 valence electrons. The number of hydrogen-bond donors (Lipinski definition) is 2. The average Bonchev–Trinajstić information content (AvgIpc) is 3.25. The van der Waals surface area contributed by atoms with Crippen LogP contribution in [-0.2, 0) is 9.47 Å². The van der Waals surface area contributed by atoms with Crippen LogP contribution in [0.15, 0.2) is 4.99 Å². The molecule has 0 aromatic carbocycles. The maximum Gasteiger partial charge on any atom is 0.191 e. The molecule has 27 heavy (non-hydrogen) atoms. The highest BCUT2D eigenvalue weighted by atomic mass is 16.5. The van der Waals surface area contributed by atoms with Crippen LogP contribution < -0.4 is 10.6 Å². The van der Waals surface area contributed by atoms with Crippen LogP contribution in [0.3, 0.4) is 0 Å². The van der Waals surface area contributed by atoms with Gasteiger partial charge in [-0.1, -0.05) is 25.7 Å². The van der Waals surface area contributed by atoms with Gasteiger partial charge >= 0.3 is 0 Å². The Hall–Kier alpha value is -0.850. The molecule has 3 fully saturated rings. The molecule has 1 aliphatic carbocycles. The quantitative estimate of drug-likeness (QED) is 0.385. The number of piperidine rings is 1. The number of nitrogens with one attached hydrogen (secondary N) is 2. The van der Waals surface area contributed by atoms with Crippen LogP contribution in [0.1, 0.15) is 64.2 Å². The van der Waals surface area contributed by atoms with Gasteiger partial charge in [-0.15, -0.1) is 0 Å². The first-order chi connectivity index (χ1) is 13.3. The average molecular weight is 381 g/mol. The Bertz CT molecular complexity index is 439. The molecule has 0 radical (unpaired) electrons. The normalized spacial score (nSPS) is 26.9. The molecule has 3 rings (SSSR count). The molecular weight excluding hydrogens is 340 g/mol. The molecule has 2 N–H and O–H groups in total. The number of rotatable bonds is 8. The highest BCUT2D eigenvalue weighted by Gasteiger charge is 2.38. The Morgan fingerprint density at radius 3 is 2.56 bits per heavy atom. The second-order valence-electron chi connectivity index (χ2n) is 8.40. The molecule has 6 heteroatoms. The standard InChI is InChI=1S/C21H40N4O2/c1-22-20(23-12-16-26-17-19-9-8-15-27-19)24-18-21(10-4-2-5-11-21)25-13-6-3-7-14-25/h19H,2-18H2,1H3,(H2,22,23,24). The van der Waals surface area contributed by atoms with Crippen LogP contribution in [0, 0.1) is 0 Å². The van der Waals surface area contributed by atoms with Gasteiger partial charge in [0.2, 0.25) is 0 Å². The van der Waals surface area contributed by atoms with E-state index in [0.29, 0.717) is 24.9 Å². The first-order valence-corrected chi connectivity index (χ1v) is 11.2. The van der Waals surface area contributed by atoms with Crippen LogP contribution >= 0.6 is 0 Å². The summed E-state index contributed by atoms with van der Waals surface area (Å²) in [5.41, 5.74) is 0.326. The lowest BCUT2D eigenvalue weighted by atomic mass is 9.79. The number of aliphatic imine (C=N–C) groups is 1. The number of guanidine groups is 1. The summed E-state index contributed by atoms with van der Waals surface area (Å²) in [5, 5.41) is 7.04. The van der Waals surface area contributed by atoms with Gasteiger partial charge in [0.1, 0.15) is 0 Å². The summed E-state index contributed by atoms with van der Waals surface area (Å²) in [6.07, 6.45) is 13.5. The summed E-state index contributed by atoms with van der Waals surface area (Å²) < 4.78 is 11.3. The summed E-state index contributed by atoms with van der Waals surface area (Å²) in [4.78, 5) is 7.20. The van der Waals surface area contributed by atoms with Crippen molar-refractivity contribution in [2.75, 3.05) is 53.0 Å². The number of ether oxygens (including phenoxy) is 2. The van der Waals surface area contributed by atoms with Gasteiger partial charge in [0.15, 0.2) is 5.96 Å². The first-order valence-electron chi connectivity index (χ1n) is 11.2. The molecule has 2 aliphatic heterocycles. The van der Waals surface area contributed by atoms with Crippen LogP contribution in [0.25, 0.3) is 0 Å². The molecule has 2 saturated heterocycles. The predicted molar refractivity (Wildman–Crippen MR) is 110 cm³/mol. The van der Waals surface area contributed by atoms with E-state index < -0.39 is 0 Å². The minimum Gasteiger partial charge on any atom is -0.377 e. The van der Waals surface area contributed by atoms with E-state index in [4.69, 9.17) is 9.47 Å². The van der Waals surface area contributed by atoms with Gasteiger partial charge in [-0.05, 0) is 51.6 Å². The van der Waals surface area contributed by atoms with Crippen LogP contribution in [0.2, 0.25) is 0 Å². The van der Waals surface area contributed by atoms with E-state index in [-0.39, 0.29) is 0 Å². The highest BCUT2D eigenvalue weighted by Crippen LogP contribution is 2.35. The van der Waals surface area contributed by atoms with Gasteiger partial charge in [0.25, 0.3) is 0 Å². The number of hydrogen-bond acceptors (Lipinski definition) is 4. The minimum absolute atomic E-state index is 0.304. The topological polar surface area (TPSA) is 58.1 Å². The molecule has 2 heterocycles. The van der Waals surface area contributed by atoms with E-state index in [9.17, 15) is 0 Å². The lowest BCUT2D eigenvalue weighted by Crippen LogP contribution is -2.59. The third kappa shape index (κ3) is 6.33. The van der Waals surface area contributed by atoms with E-state index >= 15 is 0 Å². The van der Waals surface area contributed by atoms with Crippen molar-refractivity contribution in [2.45, 2.75) is 75.9 Å². The van der Waals surface area contributed by atoms with Gasteiger partial charge in [0.05, 0.1) is 19.3 Å². The van der Waals surface area contributed by atoms with E-state index in [1.165, 1.54) is 70.9 Å². The molecule has 0 bridgehead atoms. The monoisotopic (exact) mass is 380 g/mol. The summed E-state index contributed by atoms with van der Waals surface area (Å²) in [5.74, 6) is 0.901. The van der Waals surface area contributed by atoms with Gasteiger partial charge < -0.3 is 20.1 Å². The second-order valence-corrected chi connectivity index (χ2v) is 8.40. The van der Waals surface area contributed by atoms with Gasteiger partial charge in [-0.2, -0.15) is 0 Å². The molecule has 3 aliphatic rings. The minimum atomic E-state index is 0.304. The fraction of sp³-hybridized carbons (Fsp3) is 0.952. The fourth-order valence-corrected chi connectivity index (χ4v) is 4.88. The molecule has 1 atom stereocenters. The molecule has 1 unspecified atom stereocenters. The van der Waals surface area contributed by atoms with Crippen LogP contribution in [0.5, 0.6) is 0 Å². The Morgan fingerprint density at radius 1 is 1.07 bits per heavy atom. The Kier molecular flexibility index (Phi) is 8.68. The number of nitrogens with zero attached hydrogens (tertiary/aromatic N) is 2. The van der Waals surface area contributed by atoms with Crippen LogP contribution in [0.4, 0.5) is 0 Å². The fourth-order valence-electron chi connectivity index (χ4n) is 4.88. The maximum atomic E-state index is 5.74. The van der Waals surface area contributed by atoms with Gasteiger partial charge in [-0.3, -0.25) is 9.89 Å². The van der Waals surface area contributed by atoms with Gasteiger partial charge in [0, 0.05) is 32.3 Å². The van der Waals surface area contributed by atoms with Crippen molar-refractivity contribution in [3.63, 3.8) is 0 Å². The summed E-state index contributed by atoms with van der Waals surface area (Å²) in [6.45, 7) is 6.62. The van der Waals surface area contributed by atoms with E-state index in [1.54, 1.807) is 0 Å². The smallest absolute Gasteiger partial charge is 0.191 e. The Balaban J connectivity index is 1.39. The zero-order chi connectivity index (χ0) is 18.8. The van der Waals surface area contributed by atoms with Crippen molar-refractivity contribution in [3.05, 3.63) is 0 Å². The van der Waals surface area contributed by atoms with Crippen molar-refractivity contribution < 1.29 is 9.47 Å². The van der Waals surface area contributed by atoms with Crippen molar-refractivity contribution in [1.82, 2.24) is 15.5 Å². The van der Waals surface area contributed by atoms with Crippen molar-refractivity contribution in [3.8, 4) is 0 Å². The largest absolute Gasteiger partial charge is 0.377 e. The van der Waals surface area contributed by atoms with Crippen molar-refractivity contribution >= 4 is 5.96 Å². The van der Waals surface area contributed by atoms with E-state index in [0.717, 1.165) is 32.1 Å². The highest BCUT2D eigenvalue weighted by molar-refractivity contribution is 5.79. The Labute approximate surface area is 165 Å². The summed E-state index contributed by atoms with van der Waals surface area (Å²) in [7, 11) is 1.86. The third-order valence-corrected chi connectivity index (χ3v) is 6.49. The van der Waals surface area contributed by atoms with Gasteiger partial charge in [-0.25, -0.2) is 0 Å². The molecule has 6 nitrogen and oxygen atoms in total. The predicted octanol–water partition coefficient (Wildman–Crippen LogP) is 2.54. The molecule has 0 aromatic rings. The lowest BCUT2D eigenvalue weighted by Gasteiger charge is -2.48. The molecular formula is C21H40N4O2. The molecule has 0 amide bonds. The van der Waals surface area contributed by atoms with E-state index in [2.05, 4.69) is 20.5 Å². The summed E-state index contributed by atoms with van der Waals surface area (Å²) in [6, 6.07) is 0. The SMILES string of the molecule is CN=C(NCCOCC1CCCO1)NCC1(N2CCCCC2)CCCCC1. The maximum absolute atomic E-state index is 5.74. The molecule has 0 aromatic heterocycles. The Morgan fingerprint density at radius 2 is 1.85 bits per heavy atom. The first kappa shape index (κ1) is 20.9. The van der Waals surface area contributed by atoms with E-state index in [1.807, 2.05) is 7.05 Å². The van der Waals surface area contributed by atoms with Crippen molar-refractivity contribution in [2.24, 2.45) is 4.99 Å². The molecule has 0 spiro atoms. The zero-order valence-electron chi connectivity index (χ0n) is 17.3. The van der Waals surface area contributed by atoms with Crippen LogP contribution in [-0.4, -0.2) is 75.5 Å². The lowest BCUT2D eigenvalue weighted by molar-refractivity contribution is 0.0190. The molecule has 1 saturated carbocycles. The zero-order valence-corrected chi connectivity index (χ0v) is 17.3. The second kappa shape index (κ2) is 11.2. The summed E-state index contributed by atoms with van der Waals surface area (Å²) >= 11 is 0. The number of likely N-dealkylation sites (tertiary alicyclic amines) is 1.